The first-order valence-corrected chi connectivity index (χ1v) is 8.43. The van der Waals surface area contributed by atoms with Gasteiger partial charge in [0.2, 0.25) is 0 Å². The van der Waals surface area contributed by atoms with Gasteiger partial charge in [-0.25, -0.2) is 0 Å². The molecule has 0 saturated heterocycles. The van der Waals surface area contributed by atoms with Crippen LogP contribution in [0.15, 0.2) is 42.5 Å². The summed E-state index contributed by atoms with van der Waals surface area (Å²) in [5.41, 5.74) is 2.93. The summed E-state index contributed by atoms with van der Waals surface area (Å²) in [4.78, 5) is 12.6. The van der Waals surface area contributed by atoms with E-state index in [1.807, 2.05) is 77.1 Å². The number of carbonyl (C=O) groups is 1. The van der Waals surface area contributed by atoms with Gasteiger partial charge >= 0.3 is 18.9 Å². The zero-order valence-corrected chi connectivity index (χ0v) is 15.9. The Bertz CT molecular complexity index is 653. The third-order valence-corrected chi connectivity index (χ3v) is 4.34. The molecule has 2 nitrogen and oxygen atoms in total. The molecule has 1 unspecified atom stereocenters. The summed E-state index contributed by atoms with van der Waals surface area (Å²) in [6.45, 7) is 10.0. The Balaban J connectivity index is 0.00000264. The van der Waals surface area contributed by atoms with E-state index in [2.05, 4.69) is 0 Å². The van der Waals surface area contributed by atoms with Crippen LogP contribution in [-0.2, 0) is 0 Å². The van der Waals surface area contributed by atoms with E-state index < -0.39 is 0 Å². The fourth-order valence-electron chi connectivity index (χ4n) is 2.33. The summed E-state index contributed by atoms with van der Waals surface area (Å²) >= 11 is 0. The van der Waals surface area contributed by atoms with Gasteiger partial charge in [0.1, 0.15) is 11.4 Å². The summed E-state index contributed by atoms with van der Waals surface area (Å²) < 4.78 is 5.80. The van der Waals surface area contributed by atoms with Gasteiger partial charge in [0, 0.05) is 5.56 Å². The van der Waals surface area contributed by atoms with Crippen molar-refractivity contribution in [1.29, 1.82) is 0 Å². The molecule has 2 aromatic rings. The smallest absolute Gasteiger partial charge is 0.488 e. The van der Waals surface area contributed by atoms with Crippen molar-refractivity contribution in [3.63, 3.8) is 0 Å². The Morgan fingerprint density at radius 1 is 0.957 bits per heavy atom. The summed E-state index contributed by atoms with van der Waals surface area (Å²) in [5, 5.41) is 1.04. The maximum Gasteiger partial charge on any atom is 1.00 e. The average Bonchev–Trinajstić information content (AvgIpc) is 2.39. The molecule has 0 saturated carbocycles. The minimum atomic E-state index is -0.210. The Kier molecular flexibility index (Phi) is 7.09. The molecular weight excluding hydrogens is 298 g/mol. The molecule has 0 aromatic heterocycles. The quantitative estimate of drug-likeness (QED) is 0.632. The zero-order chi connectivity index (χ0) is 16.3. The van der Waals surface area contributed by atoms with E-state index >= 15 is 0 Å². The number of hydrogen-bond donors (Lipinski definition) is 0. The largest absolute Gasteiger partial charge is 1.00 e. The van der Waals surface area contributed by atoms with E-state index in [0.29, 0.717) is 0 Å². The van der Waals surface area contributed by atoms with Crippen LogP contribution in [0.1, 0.15) is 42.3 Å². The van der Waals surface area contributed by atoms with Crippen LogP contribution in [0.25, 0.3) is 0 Å². The topological polar surface area (TPSA) is 26.3 Å². The van der Waals surface area contributed by atoms with Gasteiger partial charge in [0.05, 0.1) is 0 Å². The molecule has 0 aliphatic heterocycles. The molecule has 4 heteroatoms. The van der Waals surface area contributed by atoms with Gasteiger partial charge in [-0.3, -0.25) is 4.79 Å². The molecule has 0 N–H and O–H groups in total. The third kappa shape index (κ3) is 5.81. The minimum Gasteiger partial charge on any atom is -0.488 e. The molecule has 0 radical (unpaired) electrons. The van der Waals surface area contributed by atoms with E-state index in [1.54, 1.807) is 0 Å². The molecule has 116 valence electrons. The molecule has 0 amide bonds. The SMILES string of the molecule is Cc1cccc(C)c1C(=O)Pc1ccc(OC(C)(C)C)cc1.[Li+]. The van der Waals surface area contributed by atoms with Gasteiger partial charge in [0.25, 0.3) is 0 Å². The van der Waals surface area contributed by atoms with E-state index in [4.69, 9.17) is 4.74 Å². The second kappa shape index (κ2) is 8.16. The number of benzene rings is 2. The fourth-order valence-corrected chi connectivity index (χ4v) is 3.44. The van der Waals surface area contributed by atoms with E-state index in [9.17, 15) is 4.79 Å². The van der Waals surface area contributed by atoms with Crippen LogP contribution in [0.3, 0.4) is 0 Å². The van der Waals surface area contributed by atoms with Crippen molar-refractivity contribution in [2.45, 2.75) is 40.2 Å². The average molecular weight is 321 g/mol. The molecule has 23 heavy (non-hydrogen) atoms. The summed E-state index contributed by atoms with van der Waals surface area (Å²) in [6, 6.07) is 13.8. The van der Waals surface area contributed by atoms with Crippen molar-refractivity contribution in [1.82, 2.24) is 0 Å². The van der Waals surface area contributed by atoms with Crippen molar-refractivity contribution in [2.24, 2.45) is 0 Å². The first-order chi connectivity index (χ1) is 10.3. The number of rotatable bonds is 4. The van der Waals surface area contributed by atoms with Crippen molar-refractivity contribution in [3.8, 4) is 5.75 Å². The number of carbonyl (C=O) groups excluding carboxylic acids is 1. The van der Waals surface area contributed by atoms with E-state index in [1.165, 1.54) is 0 Å². The van der Waals surface area contributed by atoms with Gasteiger partial charge in [0.15, 0.2) is 5.52 Å². The Labute approximate surface area is 153 Å². The molecule has 2 rings (SSSR count). The van der Waals surface area contributed by atoms with Gasteiger partial charge in [-0.05, 0) is 71.8 Å². The van der Waals surface area contributed by atoms with Crippen molar-refractivity contribution >= 4 is 19.4 Å². The molecule has 0 fully saturated rings. The first kappa shape index (κ1) is 20.0. The maximum atomic E-state index is 12.6. The van der Waals surface area contributed by atoms with E-state index in [0.717, 1.165) is 27.7 Å². The summed E-state index contributed by atoms with van der Waals surface area (Å²) in [6.07, 6.45) is 0. The van der Waals surface area contributed by atoms with E-state index in [-0.39, 0.29) is 38.6 Å². The number of aryl methyl sites for hydroxylation is 2. The molecule has 0 aliphatic carbocycles. The van der Waals surface area contributed by atoms with Crippen molar-refractivity contribution in [3.05, 3.63) is 59.2 Å². The normalized spacial score (nSPS) is 11.3. The fraction of sp³-hybridized carbons (Fsp3) is 0.316. The molecule has 0 spiro atoms. The first-order valence-electron chi connectivity index (χ1n) is 7.43. The molecule has 0 aliphatic rings. The third-order valence-electron chi connectivity index (χ3n) is 3.24. The molecule has 0 bridgehead atoms. The monoisotopic (exact) mass is 321 g/mol. The predicted octanol–water partition coefficient (Wildman–Crippen LogP) is 1.63. The molecule has 1 atom stereocenters. The minimum absolute atomic E-state index is 0. The van der Waals surface area contributed by atoms with Crippen LogP contribution in [-0.4, -0.2) is 11.1 Å². The van der Waals surface area contributed by atoms with Crippen molar-refractivity contribution < 1.29 is 28.4 Å². The standard InChI is InChI=1S/C19H23O2P.Li/c1-13-7-6-8-14(2)17(13)18(20)22-16-11-9-15(10-12-16)21-19(3,4)5;/h6-12,22H,1-5H3;/q;+1. The number of hydrogen-bond acceptors (Lipinski definition) is 2. The summed E-state index contributed by atoms with van der Waals surface area (Å²) in [7, 11) is 0.138. The van der Waals surface area contributed by atoms with Gasteiger partial charge in [-0.1, -0.05) is 30.3 Å². The molecule has 0 heterocycles. The molecular formula is C19H23LiO2P+. The molecule has 2 aromatic carbocycles. The van der Waals surface area contributed by atoms with Gasteiger partial charge < -0.3 is 4.74 Å². The van der Waals surface area contributed by atoms with Crippen molar-refractivity contribution in [2.75, 3.05) is 0 Å². The van der Waals surface area contributed by atoms with Crippen LogP contribution >= 0.6 is 8.58 Å². The Morgan fingerprint density at radius 2 is 1.48 bits per heavy atom. The maximum absolute atomic E-state index is 12.6. The zero-order valence-electron chi connectivity index (χ0n) is 14.9. The Hall–Kier alpha value is -1.06. The Morgan fingerprint density at radius 3 is 1.96 bits per heavy atom. The van der Waals surface area contributed by atoms with Crippen LogP contribution in [0, 0.1) is 13.8 Å². The van der Waals surface area contributed by atoms with Crippen LogP contribution in [0.4, 0.5) is 0 Å². The van der Waals surface area contributed by atoms with Gasteiger partial charge in [-0.15, -0.1) is 0 Å². The second-order valence-corrected chi connectivity index (χ2v) is 7.74. The van der Waals surface area contributed by atoms with Crippen LogP contribution in [0.2, 0.25) is 0 Å². The number of ether oxygens (including phenoxy) is 1. The van der Waals surface area contributed by atoms with Crippen LogP contribution < -0.4 is 28.9 Å². The predicted molar refractivity (Wildman–Crippen MR) is 95.0 cm³/mol. The summed E-state index contributed by atoms with van der Waals surface area (Å²) in [5.74, 6) is 0.834. The van der Waals surface area contributed by atoms with Crippen LogP contribution in [0.5, 0.6) is 5.75 Å². The van der Waals surface area contributed by atoms with Gasteiger partial charge in [-0.2, -0.15) is 0 Å². The second-order valence-electron chi connectivity index (χ2n) is 6.46.